The van der Waals surface area contributed by atoms with Crippen molar-refractivity contribution >= 4 is 17.4 Å². The maximum absolute atomic E-state index is 14.7. The van der Waals surface area contributed by atoms with E-state index in [1.54, 1.807) is 12.1 Å². The average Bonchev–Trinajstić information content (AvgIpc) is 3.11. The van der Waals surface area contributed by atoms with Crippen molar-refractivity contribution in [1.29, 1.82) is 0 Å². The maximum atomic E-state index is 14.7. The smallest absolute Gasteiger partial charge is 0.168 e. The molecule has 128 valence electrons. The van der Waals surface area contributed by atoms with Gasteiger partial charge in [0.25, 0.3) is 0 Å². The van der Waals surface area contributed by atoms with Crippen LogP contribution >= 0.6 is 11.3 Å². The van der Waals surface area contributed by atoms with Crippen LogP contribution in [0.2, 0.25) is 0 Å². The van der Waals surface area contributed by atoms with Gasteiger partial charge in [-0.2, -0.15) is 0 Å². The Balaban J connectivity index is 1.97. The number of benzene rings is 2. The maximum Gasteiger partial charge on any atom is 0.168 e. The highest BCUT2D eigenvalue weighted by Gasteiger charge is 2.16. The SMILES string of the molecule is CC/C=C/c1ccc(-c2ccc(-c3ccc(CC)cc3)c(F)c2F)s1. The molecule has 0 unspecified atom stereocenters. The van der Waals surface area contributed by atoms with E-state index in [0.29, 0.717) is 16.7 Å². The van der Waals surface area contributed by atoms with Crippen molar-refractivity contribution in [2.75, 3.05) is 0 Å². The predicted octanol–water partition coefficient (Wildman–Crippen LogP) is 7.35. The number of halogens is 2. The molecule has 2 aromatic carbocycles. The number of aryl methyl sites for hydroxylation is 1. The molecule has 1 heterocycles. The lowest BCUT2D eigenvalue weighted by molar-refractivity contribution is 0.514. The van der Waals surface area contributed by atoms with Crippen molar-refractivity contribution in [1.82, 2.24) is 0 Å². The van der Waals surface area contributed by atoms with Crippen molar-refractivity contribution < 1.29 is 8.78 Å². The van der Waals surface area contributed by atoms with Gasteiger partial charge < -0.3 is 0 Å². The highest BCUT2D eigenvalue weighted by molar-refractivity contribution is 7.16. The summed E-state index contributed by atoms with van der Waals surface area (Å²) in [6.07, 6.45) is 5.92. The molecule has 0 saturated carbocycles. The molecule has 25 heavy (non-hydrogen) atoms. The van der Waals surface area contributed by atoms with Crippen molar-refractivity contribution in [3.63, 3.8) is 0 Å². The summed E-state index contributed by atoms with van der Waals surface area (Å²) in [7, 11) is 0. The zero-order valence-electron chi connectivity index (χ0n) is 14.4. The van der Waals surface area contributed by atoms with Gasteiger partial charge >= 0.3 is 0 Å². The molecule has 0 saturated heterocycles. The Hall–Kier alpha value is -2.26. The Morgan fingerprint density at radius 3 is 2.20 bits per heavy atom. The van der Waals surface area contributed by atoms with E-state index < -0.39 is 11.6 Å². The van der Waals surface area contributed by atoms with Crippen molar-refractivity contribution in [3.05, 3.63) is 76.7 Å². The van der Waals surface area contributed by atoms with Crippen LogP contribution < -0.4 is 0 Å². The first-order valence-corrected chi connectivity index (χ1v) is 9.29. The van der Waals surface area contributed by atoms with Gasteiger partial charge in [-0.3, -0.25) is 0 Å². The van der Waals surface area contributed by atoms with Crippen LogP contribution in [0.5, 0.6) is 0 Å². The summed E-state index contributed by atoms with van der Waals surface area (Å²) in [6.45, 7) is 4.13. The highest BCUT2D eigenvalue weighted by Crippen LogP contribution is 2.35. The zero-order chi connectivity index (χ0) is 17.8. The molecule has 0 aliphatic heterocycles. The monoisotopic (exact) mass is 354 g/mol. The van der Waals surface area contributed by atoms with Crippen LogP contribution in [-0.2, 0) is 6.42 Å². The standard InChI is InChI=1S/C22H20F2S/c1-3-5-6-17-11-14-20(25-17)19-13-12-18(21(23)22(19)24)16-9-7-15(4-2)8-10-16/h5-14H,3-4H2,1-2H3/b6-5+. The van der Waals surface area contributed by atoms with E-state index in [2.05, 4.69) is 19.9 Å². The Labute approximate surface area is 151 Å². The normalized spacial score (nSPS) is 11.4. The molecule has 0 radical (unpaired) electrons. The molecule has 0 amide bonds. The van der Waals surface area contributed by atoms with E-state index in [0.717, 1.165) is 22.6 Å². The molecule has 1 aromatic heterocycles. The number of hydrogen-bond donors (Lipinski definition) is 0. The van der Waals surface area contributed by atoms with Crippen LogP contribution in [0.3, 0.4) is 0 Å². The summed E-state index contributed by atoms with van der Waals surface area (Å²) in [5.41, 5.74) is 2.48. The second kappa shape index (κ2) is 7.75. The summed E-state index contributed by atoms with van der Waals surface area (Å²) >= 11 is 1.46. The second-order valence-electron chi connectivity index (χ2n) is 5.85. The minimum absolute atomic E-state index is 0.298. The molecular weight excluding hydrogens is 334 g/mol. The molecular formula is C22H20F2S. The fourth-order valence-electron chi connectivity index (χ4n) is 2.70. The van der Waals surface area contributed by atoms with E-state index in [9.17, 15) is 8.78 Å². The Morgan fingerprint density at radius 2 is 1.52 bits per heavy atom. The van der Waals surface area contributed by atoms with E-state index >= 15 is 0 Å². The van der Waals surface area contributed by atoms with Gasteiger partial charge in [0.2, 0.25) is 0 Å². The van der Waals surface area contributed by atoms with Gasteiger partial charge in [-0.05, 0) is 48.2 Å². The summed E-state index contributed by atoms with van der Waals surface area (Å²) < 4.78 is 29.3. The zero-order valence-corrected chi connectivity index (χ0v) is 15.2. The first kappa shape index (κ1) is 17.6. The van der Waals surface area contributed by atoms with Crippen molar-refractivity contribution in [2.45, 2.75) is 26.7 Å². The van der Waals surface area contributed by atoms with Crippen LogP contribution in [0.25, 0.3) is 27.6 Å². The van der Waals surface area contributed by atoms with Crippen molar-refractivity contribution in [3.8, 4) is 21.6 Å². The largest absolute Gasteiger partial charge is 0.203 e. The van der Waals surface area contributed by atoms with Crippen LogP contribution in [0.1, 0.15) is 30.7 Å². The van der Waals surface area contributed by atoms with E-state index in [1.165, 1.54) is 16.9 Å². The van der Waals surface area contributed by atoms with Gasteiger partial charge in [0, 0.05) is 20.9 Å². The molecule has 0 atom stereocenters. The molecule has 0 aliphatic carbocycles. The molecule has 3 rings (SSSR count). The molecule has 3 aromatic rings. The number of allylic oxidation sites excluding steroid dienone is 1. The van der Waals surface area contributed by atoms with E-state index in [1.807, 2.05) is 42.5 Å². The van der Waals surface area contributed by atoms with Gasteiger partial charge in [0.15, 0.2) is 11.6 Å². The van der Waals surface area contributed by atoms with Gasteiger partial charge in [-0.25, -0.2) is 8.78 Å². The minimum atomic E-state index is -0.791. The minimum Gasteiger partial charge on any atom is -0.203 e. The lowest BCUT2D eigenvalue weighted by Crippen LogP contribution is -1.93. The fourth-order valence-corrected chi connectivity index (χ4v) is 3.66. The average molecular weight is 354 g/mol. The van der Waals surface area contributed by atoms with Gasteiger partial charge in [-0.15, -0.1) is 11.3 Å². The van der Waals surface area contributed by atoms with E-state index in [-0.39, 0.29) is 0 Å². The van der Waals surface area contributed by atoms with Crippen LogP contribution in [0.4, 0.5) is 8.78 Å². The summed E-state index contributed by atoms with van der Waals surface area (Å²) in [4.78, 5) is 1.77. The predicted molar refractivity (Wildman–Crippen MR) is 104 cm³/mol. The van der Waals surface area contributed by atoms with Gasteiger partial charge in [-0.1, -0.05) is 50.3 Å². The number of rotatable bonds is 5. The van der Waals surface area contributed by atoms with E-state index in [4.69, 9.17) is 0 Å². The molecule has 0 fully saturated rings. The molecule has 0 N–H and O–H groups in total. The quantitative estimate of drug-likeness (QED) is 0.449. The third kappa shape index (κ3) is 3.72. The summed E-state index contributed by atoms with van der Waals surface area (Å²) in [5, 5.41) is 0. The lowest BCUT2D eigenvalue weighted by Gasteiger charge is -2.08. The summed E-state index contributed by atoms with van der Waals surface area (Å²) in [6, 6.07) is 14.7. The lowest BCUT2D eigenvalue weighted by atomic mass is 10.0. The Morgan fingerprint density at radius 1 is 0.840 bits per heavy atom. The topological polar surface area (TPSA) is 0 Å². The van der Waals surface area contributed by atoms with Crippen molar-refractivity contribution in [2.24, 2.45) is 0 Å². The third-order valence-corrected chi connectivity index (χ3v) is 5.25. The van der Waals surface area contributed by atoms with Crippen LogP contribution in [0, 0.1) is 11.6 Å². The molecule has 0 aliphatic rings. The number of hydrogen-bond acceptors (Lipinski definition) is 1. The first-order chi connectivity index (χ1) is 12.1. The summed E-state index contributed by atoms with van der Waals surface area (Å²) in [5.74, 6) is -1.58. The van der Waals surface area contributed by atoms with Gasteiger partial charge in [0.1, 0.15) is 0 Å². The highest BCUT2D eigenvalue weighted by atomic mass is 32.1. The third-order valence-electron chi connectivity index (χ3n) is 4.17. The Bertz CT molecular complexity index is 889. The van der Waals surface area contributed by atoms with Gasteiger partial charge in [0.05, 0.1) is 0 Å². The Kier molecular flexibility index (Phi) is 5.44. The molecule has 3 heteroatoms. The number of thiophene rings is 1. The second-order valence-corrected chi connectivity index (χ2v) is 6.97. The fraction of sp³-hybridized carbons (Fsp3) is 0.182. The molecule has 0 bridgehead atoms. The van der Waals surface area contributed by atoms with Crippen LogP contribution in [0.15, 0.2) is 54.6 Å². The molecule has 0 spiro atoms. The molecule has 0 nitrogen and oxygen atoms in total. The van der Waals surface area contributed by atoms with Crippen LogP contribution in [-0.4, -0.2) is 0 Å². The first-order valence-electron chi connectivity index (χ1n) is 8.48.